The van der Waals surface area contributed by atoms with Gasteiger partial charge < -0.3 is 10.6 Å². The first kappa shape index (κ1) is 11.8. The van der Waals surface area contributed by atoms with Gasteiger partial charge in [0.25, 0.3) is 0 Å². The largest absolute Gasteiger partial charge is 0.573 e. The summed E-state index contributed by atoms with van der Waals surface area (Å²) >= 11 is 2.96. The summed E-state index contributed by atoms with van der Waals surface area (Å²) in [6.45, 7) is 0. The van der Waals surface area contributed by atoms with Crippen molar-refractivity contribution in [1.82, 2.24) is 0 Å². The number of rotatable bonds is 2. The van der Waals surface area contributed by atoms with Crippen LogP contribution in [0.4, 0.5) is 13.2 Å². The van der Waals surface area contributed by atoms with Crippen LogP contribution in [0, 0.1) is 0 Å². The topological polar surface area (TPSA) is 47.6 Å². The Labute approximate surface area is 91.8 Å². The normalized spacial score (nSPS) is 12.0. The third-order valence-electron chi connectivity index (χ3n) is 1.43. The highest BCUT2D eigenvalue weighted by Crippen LogP contribution is 2.32. The van der Waals surface area contributed by atoms with Crippen LogP contribution in [0.25, 0.3) is 0 Å². The molecule has 0 heterocycles. The van der Waals surface area contributed by atoms with Gasteiger partial charge in [-0.25, -0.2) is 0 Å². The van der Waals surface area contributed by atoms with Crippen LogP contribution in [0.3, 0.4) is 0 Å². The zero-order chi connectivity index (χ0) is 11.5. The average Bonchev–Trinajstić information content (AvgIpc) is 2.10. The van der Waals surface area contributed by atoms with E-state index >= 15 is 0 Å². The lowest BCUT2D eigenvalue weighted by molar-refractivity contribution is -0.274. The van der Waals surface area contributed by atoms with E-state index in [1.165, 1.54) is 18.3 Å². The SMILES string of the molecule is NN=Cc1cccc(OC(F)(F)F)c1Br. The second kappa shape index (κ2) is 4.52. The van der Waals surface area contributed by atoms with Crippen molar-refractivity contribution in [1.29, 1.82) is 0 Å². The molecule has 0 saturated heterocycles. The summed E-state index contributed by atoms with van der Waals surface area (Å²) in [4.78, 5) is 0. The Bertz CT molecular complexity index is 379. The summed E-state index contributed by atoms with van der Waals surface area (Å²) in [5.41, 5.74) is 0.402. The van der Waals surface area contributed by atoms with Crippen molar-refractivity contribution < 1.29 is 17.9 Å². The maximum Gasteiger partial charge on any atom is 0.573 e. The number of halogens is 4. The molecular formula is C8H6BrF3N2O. The van der Waals surface area contributed by atoms with E-state index in [1.807, 2.05) is 0 Å². The molecule has 7 heteroatoms. The highest BCUT2D eigenvalue weighted by molar-refractivity contribution is 9.10. The van der Waals surface area contributed by atoms with E-state index in [2.05, 4.69) is 25.8 Å². The molecule has 0 saturated carbocycles. The smallest absolute Gasteiger partial charge is 0.405 e. The van der Waals surface area contributed by atoms with E-state index in [0.717, 1.165) is 0 Å². The Balaban J connectivity index is 3.04. The van der Waals surface area contributed by atoms with Gasteiger partial charge in [0.05, 0.1) is 10.7 Å². The van der Waals surface area contributed by atoms with Gasteiger partial charge in [-0.15, -0.1) is 13.2 Å². The molecule has 1 aromatic carbocycles. The highest BCUT2D eigenvalue weighted by Gasteiger charge is 2.32. The standard InChI is InChI=1S/C8H6BrF3N2O/c9-7-5(4-14-13)2-1-3-6(7)15-8(10,11)12/h1-4H,13H2. The maximum absolute atomic E-state index is 11.9. The van der Waals surface area contributed by atoms with Crippen molar-refractivity contribution >= 4 is 22.1 Å². The first-order chi connectivity index (χ1) is 6.94. The predicted molar refractivity (Wildman–Crippen MR) is 52.6 cm³/mol. The number of nitrogens with zero attached hydrogens (tertiary/aromatic N) is 1. The fourth-order valence-electron chi connectivity index (χ4n) is 0.911. The third-order valence-corrected chi connectivity index (χ3v) is 2.28. The molecule has 0 aliphatic heterocycles. The van der Waals surface area contributed by atoms with Crippen LogP contribution in [-0.4, -0.2) is 12.6 Å². The van der Waals surface area contributed by atoms with Crippen LogP contribution in [0.1, 0.15) is 5.56 Å². The Morgan fingerprint density at radius 3 is 2.60 bits per heavy atom. The number of hydrazone groups is 1. The summed E-state index contributed by atoms with van der Waals surface area (Å²) in [7, 11) is 0. The molecule has 0 bridgehead atoms. The maximum atomic E-state index is 11.9. The fraction of sp³-hybridized carbons (Fsp3) is 0.125. The van der Waals surface area contributed by atoms with E-state index < -0.39 is 6.36 Å². The van der Waals surface area contributed by atoms with Crippen molar-refractivity contribution in [3.63, 3.8) is 0 Å². The van der Waals surface area contributed by atoms with E-state index in [-0.39, 0.29) is 10.2 Å². The van der Waals surface area contributed by atoms with Gasteiger partial charge in [-0.3, -0.25) is 0 Å². The van der Waals surface area contributed by atoms with Gasteiger partial charge in [0, 0.05) is 5.56 Å². The Kier molecular flexibility index (Phi) is 3.57. The molecule has 1 rings (SSSR count). The molecule has 0 aromatic heterocycles. The summed E-state index contributed by atoms with van der Waals surface area (Å²) in [5, 5.41) is 3.21. The van der Waals surface area contributed by atoms with Gasteiger partial charge in [0.2, 0.25) is 0 Å². The zero-order valence-electron chi connectivity index (χ0n) is 7.25. The van der Waals surface area contributed by atoms with Crippen molar-refractivity contribution in [2.24, 2.45) is 10.9 Å². The lowest BCUT2D eigenvalue weighted by Crippen LogP contribution is -2.17. The molecule has 0 atom stereocenters. The van der Waals surface area contributed by atoms with E-state index in [9.17, 15) is 13.2 Å². The molecule has 82 valence electrons. The number of hydrogen-bond acceptors (Lipinski definition) is 3. The summed E-state index contributed by atoms with van der Waals surface area (Å²) in [5.74, 6) is 4.56. The number of alkyl halides is 3. The molecule has 2 N–H and O–H groups in total. The third kappa shape index (κ3) is 3.43. The molecule has 0 unspecified atom stereocenters. The summed E-state index contributed by atoms with van der Waals surface area (Å²) < 4.78 is 39.7. The zero-order valence-corrected chi connectivity index (χ0v) is 8.84. The van der Waals surface area contributed by atoms with E-state index in [0.29, 0.717) is 5.56 Å². The first-order valence-electron chi connectivity index (χ1n) is 3.71. The molecule has 0 fully saturated rings. The average molecular weight is 283 g/mol. The van der Waals surface area contributed by atoms with Crippen LogP contribution >= 0.6 is 15.9 Å². The van der Waals surface area contributed by atoms with Gasteiger partial charge in [-0.05, 0) is 22.0 Å². The molecule has 0 aliphatic rings. The molecular weight excluding hydrogens is 277 g/mol. The Hall–Kier alpha value is -1.24. The van der Waals surface area contributed by atoms with Gasteiger partial charge in [-0.2, -0.15) is 5.10 Å². The van der Waals surface area contributed by atoms with Crippen molar-refractivity contribution in [2.45, 2.75) is 6.36 Å². The molecule has 3 nitrogen and oxygen atoms in total. The van der Waals surface area contributed by atoms with E-state index in [1.54, 1.807) is 6.07 Å². The molecule has 15 heavy (non-hydrogen) atoms. The summed E-state index contributed by atoms with van der Waals surface area (Å²) in [6.07, 6.45) is -3.51. The fourth-order valence-corrected chi connectivity index (χ4v) is 1.36. The monoisotopic (exact) mass is 282 g/mol. The minimum atomic E-state index is -4.72. The quantitative estimate of drug-likeness (QED) is 0.515. The molecule has 0 spiro atoms. The van der Waals surface area contributed by atoms with Crippen LogP contribution in [0.2, 0.25) is 0 Å². The second-order valence-corrected chi connectivity index (χ2v) is 3.28. The molecule has 1 aromatic rings. The lowest BCUT2D eigenvalue weighted by atomic mass is 10.2. The van der Waals surface area contributed by atoms with Crippen LogP contribution < -0.4 is 10.6 Å². The predicted octanol–water partition coefficient (Wildman–Crippen LogP) is 2.64. The Morgan fingerprint density at radius 2 is 2.07 bits per heavy atom. The van der Waals surface area contributed by atoms with Crippen LogP contribution in [0.5, 0.6) is 5.75 Å². The first-order valence-corrected chi connectivity index (χ1v) is 4.51. The molecule has 0 amide bonds. The van der Waals surface area contributed by atoms with Gasteiger partial charge in [0.15, 0.2) is 0 Å². The van der Waals surface area contributed by atoms with Crippen LogP contribution in [0.15, 0.2) is 27.8 Å². The molecule has 0 aliphatic carbocycles. The second-order valence-electron chi connectivity index (χ2n) is 2.49. The highest BCUT2D eigenvalue weighted by atomic mass is 79.9. The van der Waals surface area contributed by atoms with Gasteiger partial charge in [-0.1, -0.05) is 12.1 Å². The number of benzene rings is 1. The minimum Gasteiger partial charge on any atom is -0.405 e. The van der Waals surface area contributed by atoms with Crippen molar-refractivity contribution in [3.8, 4) is 5.75 Å². The number of hydrogen-bond donors (Lipinski definition) is 1. The van der Waals surface area contributed by atoms with Gasteiger partial charge in [0.1, 0.15) is 5.75 Å². The van der Waals surface area contributed by atoms with Crippen LogP contribution in [-0.2, 0) is 0 Å². The lowest BCUT2D eigenvalue weighted by Gasteiger charge is -2.11. The van der Waals surface area contributed by atoms with Crippen molar-refractivity contribution in [2.75, 3.05) is 0 Å². The van der Waals surface area contributed by atoms with Gasteiger partial charge >= 0.3 is 6.36 Å². The number of ether oxygens (including phenoxy) is 1. The molecule has 0 radical (unpaired) electrons. The van der Waals surface area contributed by atoms with Crippen molar-refractivity contribution in [3.05, 3.63) is 28.2 Å². The summed E-state index contributed by atoms with van der Waals surface area (Å²) in [6, 6.07) is 4.14. The van der Waals surface area contributed by atoms with E-state index in [4.69, 9.17) is 5.84 Å². The Morgan fingerprint density at radius 1 is 1.40 bits per heavy atom. The minimum absolute atomic E-state index is 0.150. The number of nitrogens with two attached hydrogens (primary N) is 1.